The highest BCUT2D eigenvalue weighted by molar-refractivity contribution is 7.22. The number of likely N-dealkylation sites (tertiary alicyclic amines) is 1. The fourth-order valence-corrected chi connectivity index (χ4v) is 11.3. The Morgan fingerprint density at radius 3 is 2.56 bits per heavy atom. The smallest absolute Gasteiger partial charge is 0.355 e. The molecule has 6 heterocycles. The number of aromatic nitrogens is 4. The number of amides is 4. The van der Waals surface area contributed by atoms with Crippen LogP contribution in [0.15, 0.2) is 91.0 Å². The van der Waals surface area contributed by atoms with Gasteiger partial charge in [-0.2, -0.15) is 5.10 Å². The van der Waals surface area contributed by atoms with Crippen LogP contribution in [0, 0.1) is 12.8 Å². The van der Waals surface area contributed by atoms with Gasteiger partial charge in [0.25, 0.3) is 5.91 Å². The van der Waals surface area contributed by atoms with E-state index in [2.05, 4.69) is 37.9 Å². The van der Waals surface area contributed by atoms with Crippen LogP contribution in [0.4, 0.5) is 16.6 Å². The lowest BCUT2D eigenvalue weighted by Crippen LogP contribution is -2.44. The number of rotatable bonds is 14. The van der Waals surface area contributed by atoms with Crippen molar-refractivity contribution in [2.45, 2.75) is 77.3 Å². The van der Waals surface area contributed by atoms with Gasteiger partial charge in [-0.05, 0) is 148 Å². The number of carboxylic acids is 1. The molecule has 3 aromatic heterocycles. The molecule has 0 spiro atoms. The van der Waals surface area contributed by atoms with Gasteiger partial charge in [-0.1, -0.05) is 41.7 Å². The van der Waals surface area contributed by atoms with Crippen molar-refractivity contribution in [3.8, 4) is 16.9 Å². The summed E-state index contributed by atoms with van der Waals surface area (Å²) in [5.41, 5.74) is 7.54. The van der Waals surface area contributed by atoms with Gasteiger partial charge in [0.05, 0.1) is 40.5 Å². The van der Waals surface area contributed by atoms with Crippen molar-refractivity contribution in [1.29, 1.82) is 0 Å². The lowest BCUT2D eigenvalue weighted by Gasteiger charge is -2.37. The maximum Gasteiger partial charge on any atom is 0.355 e. The molecule has 7 aromatic rings. The topological polar surface area (TPSA) is 201 Å². The number of fused-ring (bicyclic) bond motifs is 3. The molecule has 0 bridgehead atoms. The minimum Gasteiger partial charge on any atom is -0.494 e. The molecule has 4 N–H and O–H groups in total. The zero-order chi connectivity index (χ0) is 49.3. The zero-order valence-corrected chi connectivity index (χ0v) is 40.7. The number of carbonyl (C=O) groups excluding carboxylic acids is 4. The first-order valence-corrected chi connectivity index (χ1v) is 25.0. The van der Waals surface area contributed by atoms with E-state index in [9.17, 15) is 29.1 Å². The van der Waals surface area contributed by atoms with Crippen LogP contribution < -0.4 is 25.6 Å². The Bertz CT molecular complexity index is 3210. The van der Waals surface area contributed by atoms with Gasteiger partial charge in [-0.15, -0.1) is 0 Å². The minimum atomic E-state index is -1.12. The molecule has 71 heavy (non-hydrogen) atoms. The van der Waals surface area contributed by atoms with E-state index in [0.29, 0.717) is 77.7 Å². The van der Waals surface area contributed by atoms with Crippen LogP contribution in [0.2, 0.25) is 0 Å². The number of hydrogen-bond donors (Lipinski definition) is 4. The van der Waals surface area contributed by atoms with Gasteiger partial charge >= 0.3 is 5.97 Å². The maximum absolute atomic E-state index is 13.6. The average Bonchev–Trinajstić information content (AvgIpc) is 3.92. The van der Waals surface area contributed by atoms with Crippen molar-refractivity contribution in [2.24, 2.45) is 13.0 Å². The molecule has 364 valence electrons. The zero-order valence-electron chi connectivity index (χ0n) is 39.9. The number of para-hydroxylation sites is 1. The summed E-state index contributed by atoms with van der Waals surface area (Å²) >= 11 is 1.43. The second-order valence-electron chi connectivity index (χ2n) is 18.9. The van der Waals surface area contributed by atoms with E-state index >= 15 is 0 Å². The summed E-state index contributed by atoms with van der Waals surface area (Å²) in [5.74, 6) is -0.775. The number of nitrogens with one attached hydrogen (secondary N) is 3. The number of aryl methyl sites for hydroxylation is 2. The largest absolute Gasteiger partial charge is 0.494 e. The predicted octanol–water partition coefficient (Wildman–Crippen LogP) is 8.49. The third kappa shape index (κ3) is 10.1. The van der Waals surface area contributed by atoms with Gasteiger partial charge in [0, 0.05) is 54.8 Å². The normalized spacial score (nSPS) is 18.3. The second kappa shape index (κ2) is 20.1. The van der Waals surface area contributed by atoms with E-state index in [1.807, 2.05) is 110 Å². The monoisotopic (exact) mass is 973 g/mol. The van der Waals surface area contributed by atoms with E-state index < -0.39 is 11.9 Å². The van der Waals surface area contributed by atoms with Gasteiger partial charge in [0.2, 0.25) is 17.7 Å². The number of hydrogen-bond acceptors (Lipinski definition) is 12. The van der Waals surface area contributed by atoms with Crippen LogP contribution in [0.5, 0.6) is 5.75 Å². The molecule has 3 aliphatic rings. The third-order valence-electron chi connectivity index (χ3n) is 14.2. The summed E-state index contributed by atoms with van der Waals surface area (Å²) in [7, 11) is 1.81. The van der Waals surface area contributed by atoms with E-state index in [4.69, 9.17) is 9.72 Å². The lowest BCUT2D eigenvalue weighted by atomic mass is 9.88. The third-order valence-corrected chi connectivity index (χ3v) is 15.1. The Morgan fingerprint density at radius 1 is 0.915 bits per heavy atom. The summed E-state index contributed by atoms with van der Waals surface area (Å²) in [5, 5.41) is 24.8. The molecule has 3 aliphatic heterocycles. The molecular weight excluding hydrogens is 919 g/mol. The maximum atomic E-state index is 13.6. The van der Waals surface area contributed by atoms with Crippen LogP contribution in [0.1, 0.15) is 94.6 Å². The Morgan fingerprint density at radius 2 is 1.76 bits per heavy atom. The number of pyridine rings is 1. The van der Waals surface area contributed by atoms with Crippen molar-refractivity contribution in [3.63, 3.8) is 0 Å². The van der Waals surface area contributed by atoms with Crippen molar-refractivity contribution < 1.29 is 33.8 Å². The highest BCUT2D eigenvalue weighted by atomic mass is 32.1. The number of carboxylic acid groups (broad SMARTS) is 1. The first-order valence-electron chi connectivity index (χ1n) is 24.2. The number of thiazole rings is 1. The number of benzene rings is 4. The first-order chi connectivity index (χ1) is 34.3. The summed E-state index contributed by atoms with van der Waals surface area (Å²) in [6.07, 6.45) is 5.23. The fourth-order valence-electron chi connectivity index (χ4n) is 10.4. The molecule has 4 amide bonds. The number of anilines is 3. The molecule has 4 aromatic carbocycles. The Kier molecular flexibility index (Phi) is 13.3. The molecular formula is C54H55N9O7S. The molecule has 0 saturated carbocycles. The average molecular weight is 974 g/mol. The number of piperidine rings is 2. The Hall–Kier alpha value is -7.50. The molecule has 2 saturated heterocycles. The summed E-state index contributed by atoms with van der Waals surface area (Å²) in [4.78, 5) is 77.3. The SMILES string of the molecule is Cc1cc(OCCC[C@H]2CCN(CC(=O)Nc3ccc4c(C5CCC(=O)NC5=O)nn(C)c4c3)[C@H](C)C2)ccc1-c1ccc(N2CCc3cccc(C(=O)Nc4nc5ccccc5s4)c3C2)nc1C(=O)O. The van der Waals surface area contributed by atoms with E-state index in [1.54, 1.807) is 4.68 Å². The number of nitrogens with zero attached hydrogens (tertiary/aromatic N) is 6. The second-order valence-corrected chi connectivity index (χ2v) is 19.9. The summed E-state index contributed by atoms with van der Waals surface area (Å²) in [6.45, 7) is 6.80. The Balaban J connectivity index is 0.701. The molecule has 0 aliphatic carbocycles. The lowest BCUT2D eigenvalue weighted by molar-refractivity contribution is -0.134. The minimum absolute atomic E-state index is 0.0427. The highest BCUT2D eigenvalue weighted by Gasteiger charge is 2.32. The van der Waals surface area contributed by atoms with E-state index in [1.165, 1.54) is 11.3 Å². The molecule has 1 unspecified atom stereocenters. The quantitative estimate of drug-likeness (QED) is 0.0599. The van der Waals surface area contributed by atoms with Gasteiger partial charge < -0.3 is 20.1 Å². The van der Waals surface area contributed by atoms with Crippen LogP contribution in [-0.4, -0.2) is 91.6 Å². The molecule has 17 heteroatoms. The molecule has 2 fully saturated rings. The van der Waals surface area contributed by atoms with E-state index in [0.717, 1.165) is 75.6 Å². The molecule has 10 rings (SSSR count). The predicted molar refractivity (Wildman–Crippen MR) is 273 cm³/mol. The number of imide groups is 1. The highest BCUT2D eigenvalue weighted by Crippen LogP contribution is 2.35. The molecule has 0 radical (unpaired) electrons. The van der Waals surface area contributed by atoms with Crippen molar-refractivity contribution >= 4 is 78.7 Å². The molecule has 3 atom stereocenters. The number of aromatic carboxylic acids is 1. The van der Waals surface area contributed by atoms with Crippen LogP contribution in [0.3, 0.4) is 0 Å². The summed E-state index contributed by atoms with van der Waals surface area (Å²) < 4.78 is 8.91. The molecule has 16 nitrogen and oxygen atoms in total. The van der Waals surface area contributed by atoms with Gasteiger partial charge in [-0.3, -0.25) is 39.4 Å². The number of ether oxygens (including phenoxy) is 1. The fraction of sp³-hybridized carbons (Fsp3) is 0.333. The van der Waals surface area contributed by atoms with Gasteiger partial charge in [0.1, 0.15) is 11.6 Å². The van der Waals surface area contributed by atoms with Gasteiger partial charge in [0.15, 0.2) is 10.8 Å². The van der Waals surface area contributed by atoms with Crippen LogP contribution in [-0.2, 0) is 34.4 Å². The first kappa shape index (κ1) is 47.2. The van der Waals surface area contributed by atoms with Crippen molar-refractivity contribution in [1.82, 2.24) is 30.0 Å². The Labute approximate surface area is 414 Å². The number of carbonyl (C=O) groups is 5. The summed E-state index contributed by atoms with van der Waals surface area (Å²) in [6, 6.07) is 28.7. The van der Waals surface area contributed by atoms with Crippen LogP contribution >= 0.6 is 11.3 Å². The standard InChI is InChI=1S/C54H55N9O7S/c1-31-26-36(70-25-7-8-33-21-23-62(32(2)27-33)30-48(65)55-35-13-15-40-44(28-35)61(3)60-49(40)41-18-20-47(64)58-52(41)67)14-16-37(31)38-17-19-46(57-50(38)53(68)69)63-24-22-34-9-6-10-39(42(34)29-63)51(66)59-54-56-43-11-4-5-12-45(43)71-54/h4-6,9-17,19,26,28,32-33,41H,7-8,18,20-25,27,29-30H2,1-3H3,(H,55,65)(H,68,69)(H,56,59,66)(H,58,64,67)/t32-,33+,41?/m1/s1. The van der Waals surface area contributed by atoms with Crippen LogP contribution in [0.25, 0.3) is 32.2 Å². The van der Waals surface area contributed by atoms with Crippen molar-refractivity contribution in [3.05, 3.63) is 125 Å². The van der Waals surface area contributed by atoms with Crippen molar-refractivity contribution in [2.75, 3.05) is 41.8 Å². The van der Waals surface area contributed by atoms with E-state index in [-0.39, 0.29) is 48.3 Å². The van der Waals surface area contributed by atoms with Gasteiger partial charge in [-0.25, -0.2) is 14.8 Å².